The van der Waals surface area contributed by atoms with Gasteiger partial charge in [0.15, 0.2) is 6.10 Å². The number of ether oxygens (including phenoxy) is 2. The zero-order valence-electron chi connectivity index (χ0n) is 14.7. The predicted molar refractivity (Wildman–Crippen MR) is 101 cm³/mol. The Balaban J connectivity index is 1.59. The van der Waals surface area contributed by atoms with Crippen molar-refractivity contribution in [2.45, 2.75) is 13.0 Å². The molecule has 26 heavy (non-hydrogen) atoms. The van der Waals surface area contributed by atoms with Crippen LogP contribution in [0.25, 0.3) is 0 Å². The van der Waals surface area contributed by atoms with E-state index in [-0.39, 0.29) is 0 Å². The van der Waals surface area contributed by atoms with Crippen molar-refractivity contribution in [1.82, 2.24) is 0 Å². The Hall–Kier alpha value is -2.86. The molecule has 0 amide bonds. The van der Waals surface area contributed by atoms with E-state index in [2.05, 4.69) is 22.0 Å². The normalized spacial score (nSPS) is 15.8. The van der Waals surface area contributed by atoms with Gasteiger partial charge in [0, 0.05) is 25.0 Å². The first-order valence-corrected chi connectivity index (χ1v) is 8.58. The van der Waals surface area contributed by atoms with Crippen LogP contribution in [0.1, 0.15) is 12.5 Å². The summed E-state index contributed by atoms with van der Waals surface area (Å²) in [4.78, 5) is 17.6. The first-order valence-electron chi connectivity index (χ1n) is 8.58. The first-order chi connectivity index (χ1) is 12.6. The molecule has 2 aromatic carbocycles. The fraction of sp³-hybridized carbons (Fsp3) is 0.300. The maximum atomic E-state index is 10.8. The molecule has 1 aliphatic rings. The van der Waals surface area contributed by atoms with E-state index in [1.807, 2.05) is 24.3 Å². The van der Waals surface area contributed by atoms with Crippen molar-refractivity contribution >= 4 is 23.6 Å². The van der Waals surface area contributed by atoms with Crippen LogP contribution in [-0.4, -0.2) is 49.7 Å². The number of rotatable bonds is 6. The molecule has 1 aliphatic heterocycles. The number of morpholine rings is 1. The summed E-state index contributed by atoms with van der Waals surface area (Å²) < 4.78 is 10.7. The molecule has 1 heterocycles. The maximum Gasteiger partial charge on any atom is 0.344 e. The molecule has 0 bridgehead atoms. The molecular weight excluding hydrogens is 332 g/mol. The van der Waals surface area contributed by atoms with Crippen molar-refractivity contribution in [3.05, 3.63) is 54.1 Å². The van der Waals surface area contributed by atoms with Crippen molar-refractivity contribution in [2.24, 2.45) is 4.99 Å². The van der Waals surface area contributed by atoms with Crippen LogP contribution in [-0.2, 0) is 9.53 Å². The summed E-state index contributed by atoms with van der Waals surface area (Å²) in [7, 11) is 0. The lowest BCUT2D eigenvalue weighted by atomic mass is 10.2. The van der Waals surface area contributed by atoms with Crippen molar-refractivity contribution in [3.63, 3.8) is 0 Å². The topological polar surface area (TPSA) is 71.4 Å². The molecule has 1 fully saturated rings. The fourth-order valence-electron chi connectivity index (χ4n) is 2.61. The second-order valence-corrected chi connectivity index (χ2v) is 6.04. The van der Waals surface area contributed by atoms with Gasteiger partial charge >= 0.3 is 5.97 Å². The smallest absolute Gasteiger partial charge is 0.344 e. The fourth-order valence-corrected chi connectivity index (χ4v) is 2.61. The molecule has 1 atom stereocenters. The lowest BCUT2D eigenvalue weighted by molar-refractivity contribution is -0.144. The van der Waals surface area contributed by atoms with E-state index < -0.39 is 12.1 Å². The number of carboxylic acids is 1. The van der Waals surface area contributed by atoms with Crippen molar-refractivity contribution < 1.29 is 19.4 Å². The summed E-state index contributed by atoms with van der Waals surface area (Å²) in [5.74, 6) is -0.469. The number of carbonyl (C=O) groups is 1. The summed E-state index contributed by atoms with van der Waals surface area (Å²) in [6.45, 7) is 4.86. The van der Waals surface area contributed by atoms with Gasteiger partial charge in [-0.05, 0) is 61.0 Å². The molecule has 6 heteroatoms. The highest BCUT2D eigenvalue weighted by atomic mass is 16.5. The van der Waals surface area contributed by atoms with Crippen molar-refractivity contribution in [1.29, 1.82) is 0 Å². The minimum absolute atomic E-state index is 0.520. The second kappa shape index (κ2) is 8.49. The van der Waals surface area contributed by atoms with E-state index in [0.29, 0.717) is 5.75 Å². The van der Waals surface area contributed by atoms with E-state index >= 15 is 0 Å². The quantitative estimate of drug-likeness (QED) is 0.807. The Morgan fingerprint density at radius 3 is 2.42 bits per heavy atom. The standard InChI is InChI=1S/C20H22N2O4/c1-15(20(23)24)26-19-8-2-16(3-9-19)14-21-17-4-6-18(7-5-17)22-10-12-25-13-11-22/h2-9,14-15H,10-13H2,1H3,(H,23,24). The van der Waals surface area contributed by atoms with Crippen molar-refractivity contribution in [2.75, 3.05) is 31.2 Å². The zero-order chi connectivity index (χ0) is 18.4. The van der Waals surface area contributed by atoms with Gasteiger partial charge in [-0.3, -0.25) is 4.99 Å². The van der Waals surface area contributed by atoms with Gasteiger partial charge in [-0.15, -0.1) is 0 Å². The Morgan fingerprint density at radius 1 is 1.15 bits per heavy atom. The predicted octanol–water partition coefficient (Wildman–Crippen LogP) is 3.13. The van der Waals surface area contributed by atoms with Crippen LogP contribution in [0.2, 0.25) is 0 Å². The maximum absolute atomic E-state index is 10.8. The van der Waals surface area contributed by atoms with Gasteiger partial charge in [0.2, 0.25) is 0 Å². The average molecular weight is 354 g/mol. The number of aliphatic imine (C=N–C) groups is 1. The molecule has 0 radical (unpaired) electrons. The van der Waals surface area contributed by atoms with Gasteiger partial charge in [-0.25, -0.2) is 4.79 Å². The molecule has 6 nitrogen and oxygen atoms in total. The van der Waals surface area contributed by atoms with Gasteiger partial charge in [0.1, 0.15) is 5.75 Å². The number of anilines is 1. The van der Waals surface area contributed by atoms with E-state index in [1.165, 1.54) is 12.6 Å². The Bertz CT molecular complexity index is 750. The largest absolute Gasteiger partial charge is 0.479 e. The Labute approximate surface area is 152 Å². The lowest BCUT2D eigenvalue weighted by Crippen LogP contribution is -2.36. The Kier molecular flexibility index (Phi) is 5.86. The van der Waals surface area contributed by atoms with Crippen LogP contribution in [0, 0.1) is 0 Å². The van der Waals surface area contributed by atoms with Gasteiger partial charge in [-0.1, -0.05) is 0 Å². The molecule has 0 spiro atoms. The van der Waals surface area contributed by atoms with Gasteiger partial charge < -0.3 is 19.5 Å². The van der Waals surface area contributed by atoms with E-state index in [4.69, 9.17) is 14.6 Å². The molecule has 3 rings (SSSR count). The lowest BCUT2D eigenvalue weighted by Gasteiger charge is -2.28. The summed E-state index contributed by atoms with van der Waals surface area (Å²) in [5, 5.41) is 8.86. The minimum Gasteiger partial charge on any atom is -0.479 e. The van der Waals surface area contributed by atoms with Crippen LogP contribution in [0.3, 0.4) is 0 Å². The summed E-state index contributed by atoms with van der Waals surface area (Å²) in [5.41, 5.74) is 2.97. The van der Waals surface area contributed by atoms with Gasteiger partial charge in [-0.2, -0.15) is 0 Å². The highest BCUT2D eigenvalue weighted by Crippen LogP contribution is 2.21. The van der Waals surface area contributed by atoms with Crippen LogP contribution in [0.5, 0.6) is 5.75 Å². The highest BCUT2D eigenvalue weighted by molar-refractivity contribution is 5.82. The number of hydrogen-bond acceptors (Lipinski definition) is 5. The molecule has 136 valence electrons. The summed E-state index contributed by atoms with van der Waals surface area (Å²) in [6.07, 6.45) is 0.897. The monoisotopic (exact) mass is 354 g/mol. The molecule has 0 aromatic heterocycles. The minimum atomic E-state index is -0.990. The third-order valence-corrected chi connectivity index (χ3v) is 4.13. The molecule has 1 unspecified atom stereocenters. The van der Waals surface area contributed by atoms with E-state index in [0.717, 1.165) is 37.6 Å². The molecule has 0 saturated carbocycles. The molecule has 1 N–H and O–H groups in total. The highest BCUT2D eigenvalue weighted by Gasteiger charge is 2.12. The van der Waals surface area contributed by atoms with Crippen molar-refractivity contribution in [3.8, 4) is 5.75 Å². The second-order valence-electron chi connectivity index (χ2n) is 6.04. The SMILES string of the molecule is CC(Oc1ccc(C=Nc2ccc(N3CCOCC3)cc2)cc1)C(=O)O. The molecule has 2 aromatic rings. The average Bonchev–Trinajstić information content (AvgIpc) is 2.68. The third kappa shape index (κ3) is 4.83. The molecular formula is C20H22N2O4. The zero-order valence-corrected chi connectivity index (χ0v) is 14.7. The van der Waals surface area contributed by atoms with E-state index in [9.17, 15) is 4.79 Å². The number of nitrogens with zero attached hydrogens (tertiary/aromatic N) is 2. The Morgan fingerprint density at radius 2 is 1.81 bits per heavy atom. The number of carboxylic acid groups (broad SMARTS) is 1. The van der Waals surface area contributed by atoms with Crippen LogP contribution in [0.15, 0.2) is 53.5 Å². The van der Waals surface area contributed by atoms with Gasteiger partial charge in [0.25, 0.3) is 0 Å². The molecule has 0 aliphatic carbocycles. The number of benzene rings is 2. The molecule has 1 saturated heterocycles. The van der Waals surface area contributed by atoms with Crippen LogP contribution < -0.4 is 9.64 Å². The van der Waals surface area contributed by atoms with Crippen LogP contribution in [0.4, 0.5) is 11.4 Å². The third-order valence-electron chi connectivity index (χ3n) is 4.13. The summed E-state index contributed by atoms with van der Waals surface area (Å²) >= 11 is 0. The van der Waals surface area contributed by atoms with E-state index in [1.54, 1.807) is 18.3 Å². The number of hydrogen-bond donors (Lipinski definition) is 1. The summed E-state index contributed by atoms with van der Waals surface area (Å²) in [6, 6.07) is 15.3. The first kappa shape index (κ1) is 17.9. The van der Waals surface area contributed by atoms with Crippen LogP contribution >= 0.6 is 0 Å². The van der Waals surface area contributed by atoms with Gasteiger partial charge in [0.05, 0.1) is 18.9 Å². The number of aliphatic carboxylic acids is 1.